The van der Waals surface area contributed by atoms with Crippen LogP contribution in [0.2, 0.25) is 0 Å². The number of rotatable bonds is 6. The lowest BCUT2D eigenvalue weighted by atomic mass is 10.1. The molecule has 3 aromatic carbocycles. The van der Waals surface area contributed by atoms with Crippen LogP contribution in [0.1, 0.15) is 27.8 Å². The third kappa shape index (κ3) is 6.82. The summed E-state index contributed by atoms with van der Waals surface area (Å²) in [4.78, 5) is 0. The van der Waals surface area contributed by atoms with Crippen LogP contribution in [-0.4, -0.2) is 0 Å². The molecule has 2 N–H and O–H groups in total. The molecule has 0 saturated heterocycles. The van der Waals surface area contributed by atoms with Gasteiger partial charge in [0.25, 0.3) is 0 Å². The topological polar surface area (TPSA) is 24.1 Å². The number of hydrogen-bond donors (Lipinski definition) is 2. The van der Waals surface area contributed by atoms with Crippen LogP contribution in [-0.2, 0) is 31.6 Å². The monoisotopic (exact) mass is 492 g/mol. The lowest BCUT2D eigenvalue weighted by Crippen LogP contribution is -2.09. The predicted octanol–water partition coefficient (Wildman–Crippen LogP) is 7.97. The number of benzene rings is 3. The van der Waals surface area contributed by atoms with Gasteiger partial charge in [-0.25, -0.2) is 0 Å². The molecular weight excluding hydrogens is 475 g/mol. The van der Waals surface area contributed by atoms with Crippen molar-refractivity contribution in [3.8, 4) is 0 Å². The van der Waals surface area contributed by atoms with E-state index in [9.17, 15) is 39.5 Å². The zero-order valence-electron chi connectivity index (χ0n) is 17.2. The van der Waals surface area contributed by atoms with E-state index in [0.29, 0.717) is 11.1 Å². The predicted molar refractivity (Wildman–Crippen MR) is 109 cm³/mol. The normalized spacial score (nSPS) is 12.5. The lowest BCUT2D eigenvalue weighted by molar-refractivity contribution is -0.138. The van der Waals surface area contributed by atoms with E-state index in [1.54, 1.807) is 0 Å². The molecule has 0 unspecified atom stereocenters. The molecule has 3 aromatic rings. The Bertz CT molecular complexity index is 1020. The van der Waals surface area contributed by atoms with E-state index in [-0.39, 0.29) is 24.5 Å². The summed E-state index contributed by atoms with van der Waals surface area (Å²) in [7, 11) is 0. The Labute approximate surface area is 188 Å². The van der Waals surface area contributed by atoms with Crippen molar-refractivity contribution in [2.24, 2.45) is 0 Å². The minimum Gasteiger partial charge on any atom is -0.381 e. The summed E-state index contributed by atoms with van der Waals surface area (Å²) in [5, 5.41) is 5.50. The quantitative estimate of drug-likeness (QED) is 0.341. The summed E-state index contributed by atoms with van der Waals surface area (Å²) in [6.07, 6.45) is -13.7. The van der Waals surface area contributed by atoms with Gasteiger partial charge in [-0.15, -0.1) is 0 Å². The molecule has 0 amide bonds. The van der Waals surface area contributed by atoms with Gasteiger partial charge in [0.05, 0.1) is 16.7 Å². The van der Waals surface area contributed by atoms with E-state index in [2.05, 4.69) is 10.6 Å². The first-order valence-corrected chi connectivity index (χ1v) is 9.74. The molecule has 11 heteroatoms. The molecule has 0 radical (unpaired) electrons. The second-order valence-electron chi connectivity index (χ2n) is 7.39. The van der Waals surface area contributed by atoms with E-state index in [4.69, 9.17) is 0 Å². The second kappa shape index (κ2) is 9.47. The molecule has 0 spiro atoms. The first-order valence-electron chi connectivity index (χ1n) is 9.74. The molecule has 3 rings (SSSR count). The van der Waals surface area contributed by atoms with Crippen molar-refractivity contribution in [2.75, 3.05) is 10.6 Å². The Morgan fingerprint density at radius 3 is 1.06 bits per heavy atom. The number of nitrogens with one attached hydrogen (secondary N) is 2. The van der Waals surface area contributed by atoms with Gasteiger partial charge < -0.3 is 10.6 Å². The SMILES string of the molecule is FC(F)(F)c1ccc(CNc2cc(NCc3ccc(C(F)(F)F)cc3)cc(C(F)(F)F)c2)cc1. The van der Waals surface area contributed by atoms with Crippen molar-refractivity contribution in [2.45, 2.75) is 31.6 Å². The van der Waals surface area contributed by atoms with Gasteiger partial charge in [0.15, 0.2) is 0 Å². The fourth-order valence-corrected chi connectivity index (χ4v) is 3.03. The van der Waals surface area contributed by atoms with Gasteiger partial charge in [-0.2, -0.15) is 39.5 Å². The van der Waals surface area contributed by atoms with Crippen LogP contribution in [0.25, 0.3) is 0 Å². The average molecular weight is 492 g/mol. The maximum absolute atomic E-state index is 13.3. The summed E-state index contributed by atoms with van der Waals surface area (Å²) >= 11 is 0. The van der Waals surface area contributed by atoms with Gasteiger partial charge in [-0.05, 0) is 53.6 Å². The summed E-state index contributed by atoms with van der Waals surface area (Å²) in [5.41, 5.74) is -1.70. The second-order valence-corrected chi connectivity index (χ2v) is 7.39. The Balaban J connectivity index is 1.73. The van der Waals surface area contributed by atoms with Crippen molar-refractivity contribution in [1.29, 1.82) is 0 Å². The third-order valence-electron chi connectivity index (χ3n) is 4.82. The molecule has 0 aromatic heterocycles. The van der Waals surface area contributed by atoms with Gasteiger partial charge in [0.2, 0.25) is 0 Å². The van der Waals surface area contributed by atoms with E-state index >= 15 is 0 Å². The molecule has 0 atom stereocenters. The van der Waals surface area contributed by atoms with E-state index < -0.39 is 35.2 Å². The molecule has 0 bridgehead atoms. The van der Waals surface area contributed by atoms with Crippen LogP contribution in [0.5, 0.6) is 0 Å². The molecule has 0 saturated carbocycles. The van der Waals surface area contributed by atoms with Crippen molar-refractivity contribution in [1.82, 2.24) is 0 Å². The van der Waals surface area contributed by atoms with Crippen LogP contribution >= 0.6 is 0 Å². The molecule has 0 aliphatic rings. The summed E-state index contributed by atoms with van der Waals surface area (Å²) in [6, 6.07) is 11.4. The van der Waals surface area contributed by atoms with Crippen molar-refractivity contribution in [3.05, 3.63) is 94.5 Å². The first kappa shape index (κ1) is 25.3. The molecular formula is C23H17F9N2. The van der Waals surface area contributed by atoms with E-state index in [1.165, 1.54) is 30.3 Å². The maximum atomic E-state index is 13.3. The van der Waals surface area contributed by atoms with Crippen LogP contribution in [0.15, 0.2) is 66.7 Å². The van der Waals surface area contributed by atoms with E-state index in [0.717, 1.165) is 36.4 Å². The molecule has 0 aliphatic carbocycles. The third-order valence-corrected chi connectivity index (χ3v) is 4.82. The van der Waals surface area contributed by atoms with Crippen molar-refractivity contribution >= 4 is 11.4 Å². The Hall–Kier alpha value is -3.37. The summed E-state index contributed by atoms with van der Waals surface area (Å²) < 4.78 is 116. The maximum Gasteiger partial charge on any atom is 0.416 e. The van der Waals surface area contributed by atoms with Gasteiger partial charge in [-0.1, -0.05) is 24.3 Å². The average Bonchev–Trinajstić information content (AvgIpc) is 2.75. The van der Waals surface area contributed by atoms with E-state index in [1.807, 2.05) is 0 Å². The lowest BCUT2D eigenvalue weighted by Gasteiger charge is -2.15. The van der Waals surface area contributed by atoms with Gasteiger partial charge >= 0.3 is 18.5 Å². The summed E-state index contributed by atoms with van der Waals surface area (Å²) in [6.45, 7) is -0.0599. The number of hydrogen-bond acceptors (Lipinski definition) is 2. The number of alkyl halides is 9. The first-order chi connectivity index (χ1) is 15.7. The van der Waals surface area contributed by atoms with Crippen LogP contribution in [0.3, 0.4) is 0 Å². The van der Waals surface area contributed by atoms with Crippen molar-refractivity contribution < 1.29 is 39.5 Å². The molecule has 0 heterocycles. The largest absolute Gasteiger partial charge is 0.416 e. The highest BCUT2D eigenvalue weighted by Crippen LogP contribution is 2.34. The minimum atomic E-state index is -4.67. The van der Waals surface area contributed by atoms with Crippen molar-refractivity contribution in [3.63, 3.8) is 0 Å². The van der Waals surface area contributed by atoms with Gasteiger partial charge in [0, 0.05) is 24.5 Å². The van der Waals surface area contributed by atoms with Crippen LogP contribution in [0.4, 0.5) is 50.9 Å². The zero-order chi connectivity index (χ0) is 25.1. The Morgan fingerprint density at radius 2 is 0.765 bits per heavy atom. The Kier molecular flexibility index (Phi) is 7.04. The highest BCUT2D eigenvalue weighted by molar-refractivity contribution is 5.60. The fraction of sp³-hybridized carbons (Fsp3) is 0.217. The molecule has 0 aliphatic heterocycles. The smallest absolute Gasteiger partial charge is 0.381 e. The highest BCUT2D eigenvalue weighted by atomic mass is 19.4. The summed E-state index contributed by atoms with van der Waals surface area (Å²) in [5.74, 6) is 0. The molecule has 2 nitrogen and oxygen atoms in total. The van der Waals surface area contributed by atoms with Gasteiger partial charge in [-0.3, -0.25) is 0 Å². The minimum absolute atomic E-state index is 0.0300. The number of anilines is 2. The molecule has 34 heavy (non-hydrogen) atoms. The standard InChI is InChI=1S/C23H17F9N2/c24-21(25,26)16-5-1-14(2-6-16)12-33-19-9-18(23(30,31)32)10-20(11-19)34-13-15-3-7-17(8-4-15)22(27,28)29/h1-11,33-34H,12-13H2. The zero-order valence-corrected chi connectivity index (χ0v) is 17.2. The van der Waals surface area contributed by atoms with Gasteiger partial charge in [0.1, 0.15) is 0 Å². The Morgan fingerprint density at radius 1 is 0.441 bits per heavy atom. The number of halogens is 9. The molecule has 182 valence electrons. The fourth-order valence-electron chi connectivity index (χ4n) is 3.03. The highest BCUT2D eigenvalue weighted by Gasteiger charge is 2.32. The molecule has 0 fully saturated rings. The van der Waals surface area contributed by atoms with Crippen LogP contribution in [0, 0.1) is 0 Å². The van der Waals surface area contributed by atoms with Crippen LogP contribution < -0.4 is 10.6 Å².